The largest absolute Gasteiger partial charge is 0.478 e. The standard InChI is InChI=1S/C11H15N3O2/c1-7-10(11(15)16)4-12-14(7)9-5-13(6-9)8-2-3-8/h4,8-9H,2-3,5-6H2,1H3,(H,15,16). The summed E-state index contributed by atoms with van der Waals surface area (Å²) >= 11 is 0. The van der Waals surface area contributed by atoms with E-state index < -0.39 is 5.97 Å². The number of hydrogen-bond acceptors (Lipinski definition) is 3. The number of nitrogens with zero attached hydrogens (tertiary/aromatic N) is 3. The zero-order valence-electron chi connectivity index (χ0n) is 9.26. The van der Waals surface area contributed by atoms with E-state index in [2.05, 4.69) is 10.00 Å². The van der Waals surface area contributed by atoms with Gasteiger partial charge in [-0.15, -0.1) is 0 Å². The van der Waals surface area contributed by atoms with Crippen LogP contribution in [0.4, 0.5) is 0 Å². The van der Waals surface area contributed by atoms with Crippen molar-refractivity contribution in [2.75, 3.05) is 13.1 Å². The molecule has 1 N–H and O–H groups in total. The highest BCUT2D eigenvalue weighted by Crippen LogP contribution is 2.35. The van der Waals surface area contributed by atoms with E-state index in [0.717, 1.165) is 24.8 Å². The quantitative estimate of drug-likeness (QED) is 0.824. The van der Waals surface area contributed by atoms with Crippen molar-refractivity contribution in [1.82, 2.24) is 14.7 Å². The van der Waals surface area contributed by atoms with Gasteiger partial charge in [-0.1, -0.05) is 0 Å². The molecule has 1 saturated heterocycles. The molecule has 2 heterocycles. The molecule has 2 aliphatic rings. The maximum atomic E-state index is 10.9. The van der Waals surface area contributed by atoms with Crippen LogP contribution >= 0.6 is 0 Å². The molecule has 0 spiro atoms. The van der Waals surface area contributed by atoms with Crippen LogP contribution in [-0.2, 0) is 0 Å². The first-order valence-corrected chi connectivity index (χ1v) is 5.68. The van der Waals surface area contributed by atoms with Crippen LogP contribution in [0.1, 0.15) is 34.9 Å². The minimum absolute atomic E-state index is 0.324. The van der Waals surface area contributed by atoms with E-state index in [1.165, 1.54) is 19.0 Å². The molecule has 0 radical (unpaired) electrons. The number of rotatable bonds is 3. The minimum Gasteiger partial charge on any atom is -0.478 e. The third-order valence-electron chi connectivity index (χ3n) is 3.57. The van der Waals surface area contributed by atoms with Gasteiger partial charge in [-0.05, 0) is 19.8 Å². The first kappa shape index (κ1) is 9.84. The maximum Gasteiger partial charge on any atom is 0.339 e. The lowest BCUT2D eigenvalue weighted by Gasteiger charge is -2.40. The number of carboxylic acids is 1. The zero-order valence-corrected chi connectivity index (χ0v) is 9.26. The molecule has 5 heteroatoms. The third-order valence-corrected chi connectivity index (χ3v) is 3.57. The molecule has 86 valence electrons. The van der Waals surface area contributed by atoms with Crippen molar-refractivity contribution in [3.05, 3.63) is 17.5 Å². The fourth-order valence-corrected chi connectivity index (χ4v) is 2.38. The van der Waals surface area contributed by atoms with Gasteiger partial charge in [0.2, 0.25) is 0 Å². The van der Waals surface area contributed by atoms with Crippen molar-refractivity contribution in [2.45, 2.75) is 31.8 Å². The summed E-state index contributed by atoms with van der Waals surface area (Å²) in [5.74, 6) is -0.887. The van der Waals surface area contributed by atoms with Crippen LogP contribution in [0.5, 0.6) is 0 Å². The van der Waals surface area contributed by atoms with Crippen molar-refractivity contribution in [1.29, 1.82) is 0 Å². The average molecular weight is 221 g/mol. The molecule has 1 aliphatic heterocycles. The second-order valence-corrected chi connectivity index (χ2v) is 4.73. The lowest BCUT2D eigenvalue weighted by atomic mass is 10.1. The monoisotopic (exact) mass is 221 g/mol. The lowest BCUT2D eigenvalue weighted by molar-refractivity contribution is 0.0693. The highest BCUT2D eigenvalue weighted by molar-refractivity contribution is 5.88. The van der Waals surface area contributed by atoms with Crippen LogP contribution in [0, 0.1) is 6.92 Å². The zero-order chi connectivity index (χ0) is 11.3. The summed E-state index contributed by atoms with van der Waals surface area (Å²) in [6.07, 6.45) is 4.10. The van der Waals surface area contributed by atoms with Crippen LogP contribution in [0.3, 0.4) is 0 Å². The van der Waals surface area contributed by atoms with Gasteiger partial charge in [-0.25, -0.2) is 4.79 Å². The van der Waals surface area contributed by atoms with Crippen molar-refractivity contribution in [3.8, 4) is 0 Å². The molecular formula is C11H15N3O2. The number of aromatic carboxylic acids is 1. The predicted octanol–water partition coefficient (Wildman–Crippen LogP) is 0.909. The smallest absolute Gasteiger partial charge is 0.339 e. The molecule has 1 aliphatic carbocycles. The summed E-state index contributed by atoms with van der Waals surface area (Å²) in [4.78, 5) is 13.3. The Morgan fingerprint density at radius 2 is 2.12 bits per heavy atom. The second kappa shape index (κ2) is 3.31. The van der Waals surface area contributed by atoms with E-state index in [9.17, 15) is 4.79 Å². The highest BCUT2D eigenvalue weighted by atomic mass is 16.4. The molecule has 2 fully saturated rings. The summed E-state index contributed by atoms with van der Waals surface area (Å²) in [6.45, 7) is 3.87. The van der Waals surface area contributed by atoms with E-state index in [1.54, 1.807) is 0 Å². The number of carboxylic acid groups (broad SMARTS) is 1. The van der Waals surface area contributed by atoms with Gasteiger partial charge in [0.1, 0.15) is 5.56 Å². The van der Waals surface area contributed by atoms with Crippen molar-refractivity contribution < 1.29 is 9.90 Å². The molecule has 0 bridgehead atoms. The molecular weight excluding hydrogens is 206 g/mol. The fourth-order valence-electron chi connectivity index (χ4n) is 2.38. The number of likely N-dealkylation sites (tertiary alicyclic amines) is 1. The van der Waals surface area contributed by atoms with Crippen LogP contribution < -0.4 is 0 Å². The van der Waals surface area contributed by atoms with E-state index in [-0.39, 0.29) is 0 Å². The van der Waals surface area contributed by atoms with Gasteiger partial charge in [0.15, 0.2) is 0 Å². The Morgan fingerprint density at radius 3 is 2.62 bits per heavy atom. The van der Waals surface area contributed by atoms with Gasteiger partial charge < -0.3 is 5.11 Å². The van der Waals surface area contributed by atoms with Crippen LogP contribution in [0.2, 0.25) is 0 Å². The molecule has 1 aromatic rings. The predicted molar refractivity (Wildman–Crippen MR) is 57.6 cm³/mol. The Balaban J connectivity index is 1.73. The lowest BCUT2D eigenvalue weighted by Crippen LogP contribution is -2.49. The molecule has 3 rings (SSSR count). The van der Waals surface area contributed by atoms with Crippen molar-refractivity contribution in [2.24, 2.45) is 0 Å². The van der Waals surface area contributed by atoms with Gasteiger partial charge in [-0.2, -0.15) is 5.10 Å². The summed E-state index contributed by atoms with van der Waals surface area (Å²) < 4.78 is 1.86. The van der Waals surface area contributed by atoms with Gasteiger partial charge in [0.05, 0.1) is 17.9 Å². The minimum atomic E-state index is -0.887. The highest BCUT2D eigenvalue weighted by Gasteiger charge is 2.39. The topological polar surface area (TPSA) is 58.4 Å². The third kappa shape index (κ3) is 1.43. The molecule has 16 heavy (non-hydrogen) atoms. The van der Waals surface area contributed by atoms with Gasteiger partial charge in [0, 0.05) is 19.1 Å². The Bertz CT molecular complexity index is 430. The average Bonchev–Trinajstić information content (AvgIpc) is 2.90. The summed E-state index contributed by atoms with van der Waals surface area (Å²) in [5, 5.41) is 13.1. The number of carbonyl (C=O) groups is 1. The van der Waals surface area contributed by atoms with E-state index in [0.29, 0.717) is 11.6 Å². The SMILES string of the molecule is Cc1c(C(=O)O)cnn1C1CN(C2CC2)C1. The van der Waals surface area contributed by atoms with Crippen LogP contribution in [0.25, 0.3) is 0 Å². The number of hydrogen-bond donors (Lipinski definition) is 1. The van der Waals surface area contributed by atoms with E-state index in [1.807, 2.05) is 11.6 Å². The van der Waals surface area contributed by atoms with Gasteiger partial charge in [0.25, 0.3) is 0 Å². The molecule has 5 nitrogen and oxygen atoms in total. The molecule has 1 aromatic heterocycles. The van der Waals surface area contributed by atoms with Crippen molar-refractivity contribution >= 4 is 5.97 Å². The summed E-state index contributed by atoms with van der Waals surface area (Å²) in [5.41, 5.74) is 1.10. The summed E-state index contributed by atoms with van der Waals surface area (Å²) in [7, 11) is 0. The van der Waals surface area contributed by atoms with E-state index in [4.69, 9.17) is 5.11 Å². The van der Waals surface area contributed by atoms with Crippen molar-refractivity contribution in [3.63, 3.8) is 0 Å². The Labute approximate surface area is 93.7 Å². The molecule has 1 saturated carbocycles. The number of aromatic nitrogens is 2. The first-order valence-electron chi connectivity index (χ1n) is 5.68. The Kier molecular flexibility index (Phi) is 2.04. The van der Waals surface area contributed by atoms with Gasteiger partial charge >= 0.3 is 5.97 Å². The van der Waals surface area contributed by atoms with Crippen LogP contribution in [0.15, 0.2) is 6.20 Å². The molecule has 0 atom stereocenters. The van der Waals surface area contributed by atoms with E-state index >= 15 is 0 Å². The first-order chi connectivity index (χ1) is 7.66. The Hall–Kier alpha value is -1.36. The fraction of sp³-hybridized carbons (Fsp3) is 0.636. The molecule has 0 unspecified atom stereocenters. The van der Waals surface area contributed by atoms with Crippen LogP contribution in [-0.4, -0.2) is 44.9 Å². The Morgan fingerprint density at radius 1 is 1.44 bits per heavy atom. The van der Waals surface area contributed by atoms with Gasteiger partial charge in [-0.3, -0.25) is 9.58 Å². The molecule has 0 aromatic carbocycles. The second-order valence-electron chi connectivity index (χ2n) is 4.73. The normalized spacial score (nSPS) is 22.1. The maximum absolute atomic E-state index is 10.9. The summed E-state index contributed by atoms with van der Waals surface area (Å²) in [6, 6.07) is 1.17. The molecule has 0 amide bonds.